The highest BCUT2D eigenvalue weighted by atomic mass is 16.6. The number of nitro groups is 1. The summed E-state index contributed by atoms with van der Waals surface area (Å²) in [5.74, 6) is 0.752. The molecule has 21 heavy (non-hydrogen) atoms. The summed E-state index contributed by atoms with van der Waals surface area (Å²) in [6, 6.07) is 11.5. The van der Waals surface area contributed by atoms with Crippen LogP contribution in [0, 0.1) is 17.0 Å². The number of ether oxygens (including phenoxy) is 1. The number of para-hydroxylation sites is 1. The van der Waals surface area contributed by atoms with Crippen molar-refractivity contribution in [3.05, 3.63) is 63.7 Å². The maximum absolute atomic E-state index is 11.9. The van der Waals surface area contributed by atoms with E-state index in [4.69, 9.17) is 4.74 Å². The molecule has 5 nitrogen and oxygen atoms in total. The van der Waals surface area contributed by atoms with Crippen LogP contribution in [0.2, 0.25) is 0 Å². The number of carbonyl (C=O) groups is 1. The predicted molar refractivity (Wildman–Crippen MR) is 79.0 cm³/mol. The Bertz CT molecular complexity index is 694. The van der Waals surface area contributed by atoms with Gasteiger partial charge in [-0.1, -0.05) is 25.1 Å². The highest BCUT2D eigenvalue weighted by Gasteiger charge is 2.17. The zero-order valence-corrected chi connectivity index (χ0v) is 11.8. The molecule has 0 unspecified atom stereocenters. The van der Waals surface area contributed by atoms with E-state index in [0.29, 0.717) is 29.0 Å². The molecule has 108 valence electrons. The van der Waals surface area contributed by atoms with Gasteiger partial charge in [0.1, 0.15) is 11.5 Å². The van der Waals surface area contributed by atoms with Crippen LogP contribution in [0.3, 0.4) is 0 Å². The fourth-order valence-corrected chi connectivity index (χ4v) is 2.01. The van der Waals surface area contributed by atoms with Crippen molar-refractivity contribution in [1.29, 1.82) is 0 Å². The first-order chi connectivity index (χ1) is 10.0. The predicted octanol–water partition coefficient (Wildman–Crippen LogP) is 4.29. The average Bonchev–Trinajstić information content (AvgIpc) is 2.49. The van der Waals surface area contributed by atoms with Crippen molar-refractivity contribution in [2.45, 2.75) is 20.3 Å². The minimum atomic E-state index is -0.453. The van der Waals surface area contributed by atoms with Gasteiger partial charge in [0, 0.05) is 12.5 Å². The van der Waals surface area contributed by atoms with Gasteiger partial charge < -0.3 is 4.74 Å². The van der Waals surface area contributed by atoms with Crippen LogP contribution in [0.25, 0.3) is 0 Å². The zero-order valence-electron chi connectivity index (χ0n) is 11.8. The molecular weight excluding hydrogens is 270 g/mol. The Hall–Kier alpha value is -2.69. The van der Waals surface area contributed by atoms with Gasteiger partial charge in [0.25, 0.3) is 5.69 Å². The largest absolute Gasteiger partial charge is 0.456 e. The minimum Gasteiger partial charge on any atom is -0.456 e. The topological polar surface area (TPSA) is 69.4 Å². The van der Waals surface area contributed by atoms with Crippen molar-refractivity contribution in [1.82, 2.24) is 0 Å². The second-order valence-corrected chi connectivity index (χ2v) is 4.53. The van der Waals surface area contributed by atoms with Gasteiger partial charge in [-0.2, -0.15) is 0 Å². The van der Waals surface area contributed by atoms with Crippen LogP contribution in [0.1, 0.15) is 29.3 Å². The standard InChI is InChI=1S/C16H15NO4/c1-3-14(18)12-7-4-5-9-16(12)21-15-10-6-8-13(11(15)2)17(19)20/h4-10H,3H2,1-2H3. The minimum absolute atomic E-state index is 0.00759. The van der Waals surface area contributed by atoms with Crippen molar-refractivity contribution >= 4 is 11.5 Å². The molecule has 0 amide bonds. The number of Topliss-reactive ketones (excluding diaryl/α,β-unsaturated/α-hetero) is 1. The number of carbonyl (C=O) groups excluding carboxylic acids is 1. The highest BCUT2D eigenvalue weighted by molar-refractivity contribution is 5.98. The highest BCUT2D eigenvalue weighted by Crippen LogP contribution is 2.32. The lowest BCUT2D eigenvalue weighted by Crippen LogP contribution is -2.01. The molecule has 0 radical (unpaired) electrons. The molecule has 2 rings (SSSR count). The summed E-state index contributed by atoms with van der Waals surface area (Å²) in [6.45, 7) is 3.40. The van der Waals surface area contributed by atoms with E-state index in [1.54, 1.807) is 50.2 Å². The van der Waals surface area contributed by atoms with Crippen LogP contribution >= 0.6 is 0 Å². The molecular formula is C16H15NO4. The van der Waals surface area contributed by atoms with Crippen LogP contribution in [-0.4, -0.2) is 10.7 Å². The Morgan fingerprint density at radius 1 is 1.14 bits per heavy atom. The van der Waals surface area contributed by atoms with E-state index >= 15 is 0 Å². The van der Waals surface area contributed by atoms with E-state index in [1.165, 1.54) is 6.07 Å². The van der Waals surface area contributed by atoms with Gasteiger partial charge in [0.2, 0.25) is 0 Å². The maximum atomic E-state index is 11.9. The fourth-order valence-electron chi connectivity index (χ4n) is 2.01. The van der Waals surface area contributed by atoms with Crippen LogP contribution in [-0.2, 0) is 0 Å². The number of rotatable bonds is 5. The summed E-state index contributed by atoms with van der Waals surface area (Å²) in [4.78, 5) is 22.4. The van der Waals surface area contributed by atoms with E-state index in [0.717, 1.165) is 0 Å². The van der Waals surface area contributed by atoms with Gasteiger partial charge in [-0.25, -0.2) is 0 Å². The lowest BCUT2D eigenvalue weighted by molar-refractivity contribution is -0.385. The average molecular weight is 285 g/mol. The normalized spacial score (nSPS) is 10.2. The first-order valence-corrected chi connectivity index (χ1v) is 6.58. The zero-order chi connectivity index (χ0) is 15.4. The number of hydrogen-bond acceptors (Lipinski definition) is 4. The van der Waals surface area contributed by atoms with Gasteiger partial charge >= 0.3 is 0 Å². The molecule has 0 aliphatic heterocycles. The molecule has 5 heteroatoms. The molecule has 0 fully saturated rings. The molecule has 0 heterocycles. The van der Waals surface area contributed by atoms with E-state index in [1.807, 2.05) is 0 Å². The summed E-state index contributed by atoms with van der Waals surface area (Å²) >= 11 is 0. The molecule has 0 aliphatic carbocycles. The molecule has 2 aromatic rings. The maximum Gasteiger partial charge on any atom is 0.276 e. The van der Waals surface area contributed by atoms with Crippen LogP contribution in [0.15, 0.2) is 42.5 Å². The lowest BCUT2D eigenvalue weighted by atomic mass is 10.1. The van der Waals surface area contributed by atoms with E-state index in [9.17, 15) is 14.9 Å². The Balaban J connectivity index is 2.42. The quantitative estimate of drug-likeness (QED) is 0.467. The molecule has 0 atom stereocenters. The Kier molecular flexibility index (Phi) is 4.33. The third-order valence-corrected chi connectivity index (χ3v) is 3.18. The van der Waals surface area contributed by atoms with Crippen LogP contribution < -0.4 is 4.74 Å². The molecule has 0 saturated carbocycles. The molecule has 0 N–H and O–H groups in total. The van der Waals surface area contributed by atoms with Crippen molar-refractivity contribution in [3.63, 3.8) is 0 Å². The van der Waals surface area contributed by atoms with Crippen LogP contribution in [0.4, 0.5) is 5.69 Å². The fraction of sp³-hybridized carbons (Fsp3) is 0.188. The number of nitro benzene ring substituents is 1. The summed E-state index contributed by atoms with van der Waals surface area (Å²) in [5, 5.41) is 10.9. The van der Waals surface area contributed by atoms with Crippen molar-refractivity contribution in [3.8, 4) is 11.5 Å². The van der Waals surface area contributed by atoms with Gasteiger partial charge in [-0.15, -0.1) is 0 Å². The van der Waals surface area contributed by atoms with Gasteiger partial charge in [-0.3, -0.25) is 14.9 Å². The van der Waals surface area contributed by atoms with E-state index < -0.39 is 4.92 Å². The summed E-state index contributed by atoms with van der Waals surface area (Å²) in [7, 11) is 0. The number of nitrogens with zero attached hydrogens (tertiary/aromatic N) is 1. The summed E-state index contributed by atoms with van der Waals surface area (Å²) in [5.41, 5.74) is 0.902. The lowest BCUT2D eigenvalue weighted by Gasteiger charge is -2.11. The Morgan fingerprint density at radius 2 is 1.81 bits per heavy atom. The first-order valence-electron chi connectivity index (χ1n) is 6.58. The summed E-state index contributed by atoms with van der Waals surface area (Å²) in [6.07, 6.45) is 0.369. The molecule has 0 aromatic heterocycles. The molecule has 0 saturated heterocycles. The van der Waals surface area contributed by atoms with Crippen molar-refractivity contribution in [2.75, 3.05) is 0 Å². The Labute approximate surface area is 122 Å². The number of benzene rings is 2. The van der Waals surface area contributed by atoms with E-state index in [2.05, 4.69) is 0 Å². The van der Waals surface area contributed by atoms with Crippen LogP contribution in [0.5, 0.6) is 11.5 Å². The molecule has 0 spiro atoms. The van der Waals surface area contributed by atoms with Gasteiger partial charge in [0.15, 0.2) is 5.78 Å². The third-order valence-electron chi connectivity index (χ3n) is 3.18. The number of hydrogen-bond donors (Lipinski definition) is 0. The number of ketones is 1. The molecule has 0 aliphatic rings. The smallest absolute Gasteiger partial charge is 0.276 e. The third kappa shape index (κ3) is 3.08. The second-order valence-electron chi connectivity index (χ2n) is 4.53. The van der Waals surface area contributed by atoms with E-state index in [-0.39, 0.29) is 11.5 Å². The second kappa shape index (κ2) is 6.17. The molecule has 0 bridgehead atoms. The van der Waals surface area contributed by atoms with Crippen molar-refractivity contribution < 1.29 is 14.5 Å². The monoisotopic (exact) mass is 285 g/mol. The first kappa shape index (κ1) is 14.7. The Morgan fingerprint density at radius 3 is 2.48 bits per heavy atom. The molecule has 2 aromatic carbocycles. The van der Waals surface area contributed by atoms with Gasteiger partial charge in [-0.05, 0) is 25.1 Å². The summed E-state index contributed by atoms with van der Waals surface area (Å²) < 4.78 is 5.73. The SMILES string of the molecule is CCC(=O)c1ccccc1Oc1cccc([N+](=O)[O-])c1C. The van der Waals surface area contributed by atoms with Gasteiger partial charge in [0.05, 0.1) is 16.1 Å². The van der Waals surface area contributed by atoms with Crippen molar-refractivity contribution in [2.24, 2.45) is 0 Å².